The van der Waals surface area contributed by atoms with Gasteiger partial charge in [0.25, 0.3) is 5.69 Å². The fourth-order valence-electron chi connectivity index (χ4n) is 1.87. The molecule has 0 aliphatic heterocycles. The lowest BCUT2D eigenvalue weighted by molar-refractivity contribution is -0.384. The van der Waals surface area contributed by atoms with E-state index in [0.717, 1.165) is 16.8 Å². The second-order valence-corrected chi connectivity index (χ2v) is 4.01. The average Bonchev–Trinajstić information content (AvgIpc) is 2.71. The van der Waals surface area contributed by atoms with Crippen LogP contribution < -0.4 is 5.32 Å². The van der Waals surface area contributed by atoms with Crippen LogP contribution in [0.25, 0.3) is 11.3 Å². The molecule has 0 spiro atoms. The number of hydrogen-bond donors (Lipinski definition) is 1. The average molecular weight is 246 g/mol. The first-order chi connectivity index (χ1) is 8.61. The van der Waals surface area contributed by atoms with Gasteiger partial charge in [-0.25, -0.2) is 0 Å². The van der Waals surface area contributed by atoms with Crippen LogP contribution in [0, 0.1) is 10.1 Å². The molecule has 94 valence electrons. The van der Waals surface area contributed by atoms with E-state index in [9.17, 15) is 10.1 Å². The quantitative estimate of drug-likeness (QED) is 0.658. The van der Waals surface area contributed by atoms with Crippen molar-refractivity contribution in [3.05, 3.63) is 46.1 Å². The van der Waals surface area contributed by atoms with E-state index in [2.05, 4.69) is 10.4 Å². The predicted octanol–water partition coefficient (Wildman–Crippen LogP) is 1.71. The lowest BCUT2D eigenvalue weighted by Gasteiger charge is -2.01. The zero-order valence-electron chi connectivity index (χ0n) is 10.3. The summed E-state index contributed by atoms with van der Waals surface area (Å²) in [6, 6.07) is 6.52. The van der Waals surface area contributed by atoms with Gasteiger partial charge in [-0.2, -0.15) is 5.10 Å². The Morgan fingerprint density at radius 3 is 2.94 bits per heavy atom. The molecule has 0 aliphatic rings. The van der Waals surface area contributed by atoms with Gasteiger partial charge in [0, 0.05) is 43.0 Å². The molecule has 0 saturated carbocycles. The number of rotatable bonds is 4. The number of nitrogens with one attached hydrogen (secondary N) is 1. The Bertz CT molecular complexity index is 577. The van der Waals surface area contributed by atoms with Crippen LogP contribution in [0.4, 0.5) is 5.69 Å². The highest BCUT2D eigenvalue weighted by atomic mass is 16.6. The molecule has 6 nitrogen and oxygen atoms in total. The van der Waals surface area contributed by atoms with Gasteiger partial charge in [-0.05, 0) is 7.05 Å². The molecule has 1 aromatic carbocycles. The van der Waals surface area contributed by atoms with Gasteiger partial charge < -0.3 is 5.32 Å². The number of benzene rings is 1. The van der Waals surface area contributed by atoms with Gasteiger partial charge in [0.2, 0.25) is 0 Å². The van der Waals surface area contributed by atoms with Gasteiger partial charge in [-0.1, -0.05) is 12.1 Å². The summed E-state index contributed by atoms with van der Waals surface area (Å²) in [5.74, 6) is 0. The molecular weight excluding hydrogens is 232 g/mol. The van der Waals surface area contributed by atoms with Gasteiger partial charge in [-0.3, -0.25) is 14.8 Å². The molecule has 1 N–H and O–H groups in total. The van der Waals surface area contributed by atoms with Crippen LogP contribution in [0.5, 0.6) is 0 Å². The highest BCUT2D eigenvalue weighted by molar-refractivity contribution is 5.65. The van der Waals surface area contributed by atoms with Crippen molar-refractivity contribution in [3.63, 3.8) is 0 Å². The van der Waals surface area contributed by atoms with Gasteiger partial charge in [0.05, 0.1) is 10.6 Å². The Morgan fingerprint density at radius 1 is 1.50 bits per heavy atom. The first kappa shape index (κ1) is 12.3. The Morgan fingerprint density at radius 2 is 2.28 bits per heavy atom. The van der Waals surface area contributed by atoms with Crippen molar-refractivity contribution in [2.24, 2.45) is 7.05 Å². The van der Waals surface area contributed by atoms with E-state index in [1.165, 1.54) is 6.07 Å². The fourth-order valence-corrected chi connectivity index (χ4v) is 1.87. The third-order valence-electron chi connectivity index (χ3n) is 2.60. The molecule has 2 rings (SSSR count). The molecule has 1 heterocycles. The lowest BCUT2D eigenvalue weighted by atomic mass is 10.1. The largest absolute Gasteiger partial charge is 0.316 e. The highest BCUT2D eigenvalue weighted by Gasteiger charge is 2.13. The molecular formula is C12H14N4O2. The Hall–Kier alpha value is -2.21. The fraction of sp³-hybridized carbons (Fsp3) is 0.250. The van der Waals surface area contributed by atoms with E-state index >= 15 is 0 Å². The molecule has 0 atom stereocenters. The van der Waals surface area contributed by atoms with Crippen LogP contribution in [-0.4, -0.2) is 21.8 Å². The van der Waals surface area contributed by atoms with Crippen LogP contribution in [-0.2, 0) is 13.6 Å². The third kappa shape index (κ3) is 2.38. The molecule has 2 aromatic rings. The maximum Gasteiger partial charge on any atom is 0.270 e. The molecule has 0 amide bonds. The summed E-state index contributed by atoms with van der Waals surface area (Å²) in [7, 11) is 3.68. The number of nitrogens with zero attached hydrogens (tertiary/aromatic N) is 3. The number of aryl methyl sites for hydroxylation is 1. The summed E-state index contributed by atoms with van der Waals surface area (Å²) in [4.78, 5) is 10.4. The van der Waals surface area contributed by atoms with Crippen LogP contribution in [0.1, 0.15) is 5.56 Å². The summed E-state index contributed by atoms with van der Waals surface area (Å²) in [6.45, 7) is 0.672. The first-order valence-corrected chi connectivity index (χ1v) is 5.53. The predicted molar refractivity (Wildman–Crippen MR) is 68.1 cm³/mol. The summed E-state index contributed by atoms with van der Waals surface area (Å²) in [5, 5.41) is 18.2. The third-order valence-corrected chi connectivity index (χ3v) is 2.60. The van der Waals surface area contributed by atoms with Crippen LogP contribution in [0.2, 0.25) is 0 Å². The standard InChI is InChI=1S/C12H14N4O2/c1-13-7-10-8-15(2)14-12(10)9-4-3-5-11(6-9)16(17)18/h3-6,8,13H,7H2,1-2H3. The van der Waals surface area contributed by atoms with Gasteiger partial charge in [-0.15, -0.1) is 0 Å². The van der Waals surface area contributed by atoms with Crippen molar-refractivity contribution < 1.29 is 4.92 Å². The minimum atomic E-state index is -0.399. The van der Waals surface area contributed by atoms with Crippen molar-refractivity contribution in [2.75, 3.05) is 7.05 Å². The number of aromatic nitrogens is 2. The Labute approximate surface area is 104 Å². The van der Waals surface area contributed by atoms with Crippen LogP contribution >= 0.6 is 0 Å². The summed E-state index contributed by atoms with van der Waals surface area (Å²) < 4.78 is 1.71. The smallest absolute Gasteiger partial charge is 0.270 e. The summed E-state index contributed by atoms with van der Waals surface area (Å²) in [6.07, 6.45) is 1.91. The molecule has 0 saturated heterocycles. The topological polar surface area (TPSA) is 73.0 Å². The zero-order chi connectivity index (χ0) is 13.1. The number of non-ortho nitro benzene ring substituents is 1. The van der Waals surface area contributed by atoms with Crippen molar-refractivity contribution in [3.8, 4) is 11.3 Å². The molecule has 0 fully saturated rings. The molecule has 6 heteroatoms. The normalized spacial score (nSPS) is 10.6. The number of hydrogen-bond acceptors (Lipinski definition) is 4. The van der Waals surface area contributed by atoms with E-state index in [1.54, 1.807) is 16.8 Å². The lowest BCUT2D eigenvalue weighted by Crippen LogP contribution is -2.05. The molecule has 0 aliphatic carbocycles. The molecule has 0 unspecified atom stereocenters. The van der Waals surface area contributed by atoms with Crippen molar-refractivity contribution in [2.45, 2.75) is 6.54 Å². The van der Waals surface area contributed by atoms with Crippen LogP contribution in [0.15, 0.2) is 30.5 Å². The molecule has 1 aromatic heterocycles. The maximum absolute atomic E-state index is 10.8. The van der Waals surface area contributed by atoms with Gasteiger partial charge in [0.1, 0.15) is 0 Å². The minimum absolute atomic E-state index is 0.0774. The van der Waals surface area contributed by atoms with Crippen LogP contribution in [0.3, 0.4) is 0 Å². The Balaban J connectivity index is 2.47. The SMILES string of the molecule is CNCc1cn(C)nc1-c1cccc([N+](=O)[O-])c1. The zero-order valence-corrected chi connectivity index (χ0v) is 10.3. The number of nitro groups is 1. The second kappa shape index (κ2) is 4.97. The van der Waals surface area contributed by atoms with E-state index in [1.807, 2.05) is 26.4 Å². The monoisotopic (exact) mass is 246 g/mol. The molecule has 0 bridgehead atoms. The Kier molecular flexibility index (Phi) is 3.38. The van der Waals surface area contributed by atoms with E-state index < -0.39 is 4.92 Å². The number of nitro benzene ring substituents is 1. The second-order valence-electron chi connectivity index (χ2n) is 4.01. The molecule has 0 radical (unpaired) electrons. The highest BCUT2D eigenvalue weighted by Crippen LogP contribution is 2.25. The van der Waals surface area contributed by atoms with Crippen molar-refractivity contribution >= 4 is 5.69 Å². The first-order valence-electron chi connectivity index (χ1n) is 5.53. The van der Waals surface area contributed by atoms with E-state index in [0.29, 0.717) is 6.54 Å². The van der Waals surface area contributed by atoms with Crippen molar-refractivity contribution in [1.82, 2.24) is 15.1 Å². The molecule has 18 heavy (non-hydrogen) atoms. The minimum Gasteiger partial charge on any atom is -0.316 e. The summed E-state index contributed by atoms with van der Waals surface area (Å²) >= 11 is 0. The summed E-state index contributed by atoms with van der Waals surface area (Å²) in [5.41, 5.74) is 2.62. The van der Waals surface area contributed by atoms with E-state index in [4.69, 9.17) is 0 Å². The van der Waals surface area contributed by atoms with E-state index in [-0.39, 0.29) is 5.69 Å². The van der Waals surface area contributed by atoms with Crippen molar-refractivity contribution in [1.29, 1.82) is 0 Å². The van der Waals surface area contributed by atoms with Gasteiger partial charge in [0.15, 0.2) is 0 Å². The maximum atomic E-state index is 10.8. The van der Waals surface area contributed by atoms with Gasteiger partial charge >= 0.3 is 0 Å².